The molecule has 0 aromatic rings. The highest BCUT2D eigenvalue weighted by atomic mass is 16.6. The Labute approximate surface area is 308 Å². The lowest BCUT2D eigenvalue weighted by Gasteiger charge is -2.39. The molecule has 0 radical (unpaired) electrons. The van der Waals surface area contributed by atoms with Crippen LogP contribution >= 0.6 is 0 Å². The van der Waals surface area contributed by atoms with Crippen LogP contribution in [0.3, 0.4) is 0 Å². The Hall–Kier alpha value is -4.21. The van der Waals surface area contributed by atoms with Gasteiger partial charge < -0.3 is 29.0 Å². The Balaban J connectivity index is 2.89. The molecule has 0 spiro atoms. The Morgan fingerprint density at radius 3 is 1.65 bits per heavy atom. The Kier molecular flexibility index (Phi) is 13.7. The number of hydrogen-bond donors (Lipinski definition) is 1. The average molecular weight is 730 g/mol. The standard InChI is InChI=1S/C39H59N3O10/c1-34(2,3)50-31(45)20-26-24(15-17-29(43)48-13)37(10,21-32(46)51-35(4,5)6)28(41-26)19-27-25(16-18-30(44)49-14)38(11,39(12,23-40)42-27)22-33(47)52-36(7,8)9/h19-20,24-25,41H,15-18,21-22H2,1-14H3/b26-20-,28-19-. The lowest BCUT2D eigenvalue weighted by molar-refractivity contribution is -0.159. The molecule has 0 aromatic carbocycles. The van der Waals surface area contributed by atoms with Crippen LogP contribution in [0.25, 0.3) is 0 Å². The van der Waals surface area contributed by atoms with Crippen molar-refractivity contribution in [2.45, 2.75) is 144 Å². The first-order valence-corrected chi connectivity index (χ1v) is 17.6. The number of hydrogen-bond acceptors (Lipinski definition) is 13. The molecule has 1 fully saturated rings. The van der Waals surface area contributed by atoms with Gasteiger partial charge in [-0.15, -0.1) is 0 Å². The Bertz CT molecular complexity index is 1530. The van der Waals surface area contributed by atoms with E-state index in [2.05, 4.69) is 11.4 Å². The molecule has 2 aliphatic heterocycles. The van der Waals surface area contributed by atoms with Gasteiger partial charge in [0.05, 0.1) is 33.1 Å². The van der Waals surface area contributed by atoms with Crippen molar-refractivity contribution < 1.29 is 47.7 Å². The number of nitrogens with zero attached hydrogens (tertiary/aromatic N) is 2. The van der Waals surface area contributed by atoms with E-state index >= 15 is 0 Å². The van der Waals surface area contributed by atoms with Crippen LogP contribution in [0, 0.1) is 34.0 Å². The predicted molar refractivity (Wildman–Crippen MR) is 193 cm³/mol. The number of nitriles is 1. The van der Waals surface area contributed by atoms with Gasteiger partial charge in [0.15, 0.2) is 5.54 Å². The highest BCUT2D eigenvalue weighted by Gasteiger charge is 2.58. The molecule has 5 atom stereocenters. The third-order valence-corrected chi connectivity index (χ3v) is 9.41. The molecule has 0 aliphatic carbocycles. The van der Waals surface area contributed by atoms with Crippen molar-refractivity contribution in [3.63, 3.8) is 0 Å². The number of rotatable bonds is 12. The third kappa shape index (κ3) is 11.4. The van der Waals surface area contributed by atoms with Gasteiger partial charge >= 0.3 is 29.8 Å². The quantitative estimate of drug-likeness (QED) is 0.140. The van der Waals surface area contributed by atoms with Crippen LogP contribution in [-0.2, 0) is 47.7 Å². The van der Waals surface area contributed by atoms with Crippen molar-refractivity contribution in [2.75, 3.05) is 14.2 Å². The van der Waals surface area contributed by atoms with Crippen LogP contribution < -0.4 is 5.32 Å². The average Bonchev–Trinajstić information content (AvgIpc) is 3.32. The summed E-state index contributed by atoms with van der Waals surface area (Å²) in [5.74, 6) is -3.86. The van der Waals surface area contributed by atoms with Gasteiger partial charge in [-0.25, -0.2) is 4.79 Å². The van der Waals surface area contributed by atoms with Crippen LogP contribution in [0.4, 0.5) is 0 Å². The van der Waals surface area contributed by atoms with Gasteiger partial charge in [0.25, 0.3) is 0 Å². The minimum Gasteiger partial charge on any atom is -0.469 e. The normalized spacial score (nSPS) is 27.7. The zero-order chi connectivity index (χ0) is 40.1. The van der Waals surface area contributed by atoms with Gasteiger partial charge in [-0.2, -0.15) is 5.26 Å². The zero-order valence-electron chi connectivity index (χ0n) is 33.5. The second-order valence-corrected chi connectivity index (χ2v) is 17.2. The van der Waals surface area contributed by atoms with Gasteiger partial charge in [-0.1, -0.05) is 13.8 Å². The fourth-order valence-corrected chi connectivity index (χ4v) is 6.81. The van der Waals surface area contributed by atoms with Crippen LogP contribution in [0.2, 0.25) is 0 Å². The van der Waals surface area contributed by atoms with E-state index in [0.29, 0.717) is 17.1 Å². The number of aliphatic imine (C=N–C) groups is 1. The maximum Gasteiger partial charge on any atom is 0.333 e. The second kappa shape index (κ2) is 16.2. The number of ether oxygens (including phenoxy) is 5. The monoisotopic (exact) mass is 729 g/mol. The summed E-state index contributed by atoms with van der Waals surface area (Å²) in [6.07, 6.45) is 3.03. The molecule has 52 heavy (non-hydrogen) atoms. The van der Waals surface area contributed by atoms with Crippen molar-refractivity contribution >= 4 is 35.6 Å². The van der Waals surface area contributed by atoms with Crippen molar-refractivity contribution in [3.05, 3.63) is 23.5 Å². The van der Waals surface area contributed by atoms with Gasteiger partial charge in [-0.3, -0.25) is 24.2 Å². The van der Waals surface area contributed by atoms with E-state index in [-0.39, 0.29) is 38.5 Å². The van der Waals surface area contributed by atoms with Gasteiger partial charge in [-0.05, 0) is 88.2 Å². The molecular formula is C39H59N3O10. The number of nitrogens with one attached hydrogen (secondary N) is 1. The van der Waals surface area contributed by atoms with Crippen LogP contribution in [0.1, 0.15) is 122 Å². The molecule has 0 saturated carbocycles. The Morgan fingerprint density at radius 2 is 1.21 bits per heavy atom. The van der Waals surface area contributed by atoms with Crippen LogP contribution in [0.5, 0.6) is 0 Å². The summed E-state index contributed by atoms with van der Waals surface area (Å²) in [6, 6.07) is 2.31. The predicted octanol–water partition coefficient (Wildman–Crippen LogP) is 6.05. The van der Waals surface area contributed by atoms with Crippen molar-refractivity contribution in [3.8, 4) is 6.07 Å². The smallest absolute Gasteiger partial charge is 0.333 e. The maximum absolute atomic E-state index is 13.6. The zero-order valence-corrected chi connectivity index (χ0v) is 33.5. The molecule has 0 aromatic heterocycles. The number of carbonyl (C=O) groups excluding carboxylic acids is 5. The molecule has 290 valence electrons. The van der Waals surface area contributed by atoms with E-state index in [1.54, 1.807) is 82.2 Å². The molecule has 1 saturated heterocycles. The molecule has 13 nitrogen and oxygen atoms in total. The number of esters is 5. The topological polar surface area (TPSA) is 180 Å². The molecular weight excluding hydrogens is 670 g/mol. The highest BCUT2D eigenvalue weighted by Crippen LogP contribution is 2.54. The third-order valence-electron chi connectivity index (χ3n) is 9.41. The van der Waals surface area contributed by atoms with Gasteiger partial charge in [0.1, 0.15) is 16.8 Å². The van der Waals surface area contributed by atoms with E-state index < -0.39 is 74.9 Å². The van der Waals surface area contributed by atoms with E-state index in [1.807, 2.05) is 6.92 Å². The van der Waals surface area contributed by atoms with Gasteiger partial charge in [0, 0.05) is 58.7 Å². The van der Waals surface area contributed by atoms with Crippen molar-refractivity contribution in [2.24, 2.45) is 27.7 Å². The summed E-state index contributed by atoms with van der Waals surface area (Å²) in [5.41, 5.74) is -4.78. The van der Waals surface area contributed by atoms with Crippen molar-refractivity contribution in [1.29, 1.82) is 5.26 Å². The fraction of sp³-hybridized carbons (Fsp3) is 0.718. The summed E-state index contributed by atoms with van der Waals surface area (Å²) in [4.78, 5) is 69.9. The van der Waals surface area contributed by atoms with E-state index in [9.17, 15) is 29.2 Å². The maximum atomic E-state index is 13.6. The first kappa shape index (κ1) is 44.0. The molecule has 2 heterocycles. The lowest BCUT2D eigenvalue weighted by Crippen LogP contribution is -2.45. The summed E-state index contributed by atoms with van der Waals surface area (Å²) in [6.45, 7) is 21.0. The summed E-state index contributed by atoms with van der Waals surface area (Å²) >= 11 is 0. The number of methoxy groups -OCH3 is 2. The van der Waals surface area contributed by atoms with Crippen LogP contribution in [-0.4, -0.2) is 72.1 Å². The van der Waals surface area contributed by atoms with Gasteiger partial charge in [0.2, 0.25) is 0 Å². The molecule has 2 rings (SSSR count). The van der Waals surface area contributed by atoms with Crippen LogP contribution in [0.15, 0.2) is 28.5 Å². The second-order valence-electron chi connectivity index (χ2n) is 17.2. The Morgan fingerprint density at radius 1 is 0.750 bits per heavy atom. The minimum atomic E-state index is -1.43. The summed E-state index contributed by atoms with van der Waals surface area (Å²) < 4.78 is 26.9. The largest absolute Gasteiger partial charge is 0.469 e. The molecule has 1 N–H and O–H groups in total. The number of allylic oxidation sites excluding steroid dienone is 3. The molecule has 13 heteroatoms. The first-order valence-electron chi connectivity index (χ1n) is 17.6. The SMILES string of the molecule is COC(=O)CCC1/C(=C/C(=O)OC(C)(C)C)N/C(=C\C2=NC(C)(C#N)C(C)(CC(=O)OC(C)(C)C)C2CCC(=O)OC)C1(C)CC(=O)OC(C)(C)C. The highest BCUT2D eigenvalue weighted by molar-refractivity contribution is 6.01. The summed E-state index contributed by atoms with van der Waals surface area (Å²) in [7, 11) is 2.57. The first-order chi connectivity index (χ1) is 23.6. The summed E-state index contributed by atoms with van der Waals surface area (Å²) in [5, 5.41) is 13.9. The van der Waals surface area contributed by atoms with Crippen molar-refractivity contribution in [1.82, 2.24) is 5.32 Å². The molecule has 0 bridgehead atoms. The number of carbonyl (C=O) groups is 5. The minimum absolute atomic E-state index is 0.0190. The lowest BCUT2D eigenvalue weighted by atomic mass is 9.62. The van der Waals surface area contributed by atoms with E-state index in [4.69, 9.17) is 28.7 Å². The molecule has 5 unspecified atom stereocenters. The van der Waals surface area contributed by atoms with E-state index in [0.717, 1.165) is 0 Å². The van der Waals surface area contributed by atoms with E-state index in [1.165, 1.54) is 20.3 Å². The fourth-order valence-electron chi connectivity index (χ4n) is 6.81. The molecule has 0 amide bonds. The molecule has 2 aliphatic rings.